The molecule has 2 aromatic rings. The Bertz CT molecular complexity index is 633. The second kappa shape index (κ2) is 7.29. The molecule has 1 saturated heterocycles. The van der Waals surface area contributed by atoms with Crippen molar-refractivity contribution in [2.45, 2.75) is 12.3 Å². The molecule has 1 fully saturated rings. The average molecular weight is 311 g/mol. The number of ether oxygens (including phenoxy) is 1. The number of carbonyl (C=O) groups excluding carboxylic acids is 1. The molecule has 23 heavy (non-hydrogen) atoms. The van der Waals surface area contributed by atoms with Crippen molar-refractivity contribution >= 4 is 5.91 Å². The minimum Gasteiger partial charge on any atom is -0.508 e. The van der Waals surface area contributed by atoms with Gasteiger partial charge in [0.05, 0.1) is 13.2 Å². The molecule has 1 amide bonds. The number of phenolic OH excluding ortho intramolecular Hbond substituents is 1. The number of rotatable bonds is 4. The van der Waals surface area contributed by atoms with Crippen molar-refractivity contribution in [3.63, 3.8) is 0 Å². The maximum Gasteiger partial charge on any atom is 0.223 e. The van der Waals surface area contributed by atoms with E-state index in [1.165, 1.54) is 0 Å². The zero-order valence-electron chi connectivity index (χ0n) is 13.0. The number of hydrogen-bond acceptors (Lipinski definition) is 3. The first-order valence-corrected chi connectivity index (χ1v) is 7.93. The summed E-state index contributed by atoms with van der Waals surface area (Å²) >= 11 is 0. The number of amides is 1. The van der Waals surface area contributed by atoms with E-state index in [-0.39, 0.29) is 17.6 Å². The SMILES string of the molecule is O=C(CC(c1ccccc1)c1ccc(O)cc1)N1CCOCC1. The smallest absolute Gasteiger partial charge is 0.223 e. The molecule has 4 heteroatoms. The highest BCUT2D eigenvalue weighted by Crippen LogP contribution is 2.29. The van der Waals surface area contributed by atoms with E-state index in [0.717, 1.165) is 11.1 Å². The van der Waals surface area contributed by atoms with Gasteiger partial charge in [0, 0.05) is 25.4 Å². The number of phenols is 1. The molecule has 1 unspecified atom stereocenters. The summed E-state index contributed by atoms with van der Waals surface area (Å²) in [4.78, 5) is 14.5. The predicted octanol–water partition coefficient (Wildman–Crippen LogP) is 2.77. The molecule has 1 aliphatic heterocycles. The Hall–Kier alpha value is -2.33. The van der Waals surface area contributed by atoms with Crippen LogP contribution in [0.5, 0.6) is 5.75 Å². The van der Waals surface area contributed by atoms with Crippen LogP contribution in [0.1, 0.15) is 23.5 Å². The van der Waals surface area contributed by atoms with Gasteiger partial charge in [0.25, 0.3) is 0 Å². The molecule has 3 rings (SSSR count). The number of aromatic hydroxyl groups is 1. The normalized spacial score (nSPS) is 16.1. The summed E-state index contributed by atoms with van der Waals surface area (Å²) in [5.74, 6) is 0.377. The Labute approximate surface area is 136 Å². The van der Waals surface area contributed by atoms with Crippen LogP contribution in [0.3, 0.4) is 0 Å². The van der Waals surface area contributed by atoms with Gasteiger partial charge < -0.3 is 14.7 Å². The van der Waals surface area contributed by atoms with Crippen LogP contribution in [0, 0.1) is 0 Å². The van der Waals surface area contributed by atoms with Gasteiger partial charge in [-0.25, -0.2) is 0 Å². The maximum absolute atomic E-state index is 12.6. The van der Waals surface area contributed by atoms with E-state index in [1.54, 1.807) is 12.1 Å². The van der Waals surface area contributed by atoms with Gasteiger partial charge in [-0.3, -0.25) is 4.79 Å². The van der Waals surface area contributed by atoms with Crippen LogP contribution < -0.4 is 0 Å². The zero-order chi connectivity index (χ0) is 16.1. The standard InChI is InChI=1S/C19H21NO3/c21-17-8-6-16(7-9-17)18(15-4-2-1-3-5-15)14-19(22)20-10-12-23-13-11-20/h1-9,18,21H,10-14H2. The highest BCUT2D eigenvalue weighted by Gasteiger charge is 2.23. The summed E-state index contributed by atoms with van der Waals surface area (Å²) in [5, 5.41) is 9.51. The van der Waals surface area contributed by atoms with E-state index in [4.69, 9.17) is 4.74 Å². The van der Waals surface area contributed by atoms with Crippen molar-refractivity contribution in [1.29, 1.82) is 0 Å². The molecule has 4 nitrogen and oxygen atoms in total. The van der Waals surface area contributed by atoms with E-state index in [1.807, 2.05) is 47.4 Å². The lowest BCUT2D eigenvalue weighted by Crippen LogP contribution is -2.41. The van der Waals surface area contributed by atoms with Crippen LogP contribution in [0.25, 0.3) is 0 Å². The summed E-state index contributed by atoms with van der Waals surface area (Å²) in [6.45, 7) is 2.55. The van der Waals surface area contributed by atoms with Crippen molar-refractivity contribution in [3.05, 3.63) is 65.7 Å². The molecule has 2 aromatic carbocycles. The van der Waals surface area contributed by atoms with Gasteiger partial charge in [-0.2, -0.15) is 0 Å². The molecule has 120 valence electrons. The van der Waals surface area contributed by atoms with Crippen LogP contribution in [-0.2, 0) is 9.53 Å². The molecule has 0 radical (unpaired) electrons. The molecule has 0 aromatic heterocycles. The third-order valence-corrected chi connectivity index (χ3v) is 4.24. The Kier molecular flexibility index (Phi) is 4.93. The van der Waals surface area contributed by atoms with Crippen LogP contribution >= 0.6 is 0 Å². The van der Waals surface area contributed by atoms with E-state index >= 15 is 0 Å². The number of morpholine rings is 1. The van der Waals surface area contributed by atoms with Gasteiger partial charge in [0.2, 0.25) is 5.91 Å². The number of carbonyl (C=O) groups is 1. The average Bonchev–Trinajstić information content (AvgIpc) is 2.62. The molecule has 0 spiro atoms. The van der Waals surface area contributed by atoms with Crippen molar-refractivity contribution in [2.75, 3.05) is 26.3 Å². The topological polar surface area (TPSA) is 49.8 Å². The Morgan fingerprint density at radius 2 is 1.61 bits per heavy atom. The first-order valence-electron chi connectivity index (χ1n) is 7.93. The van der Waals surface area contributed by atoms with Gasteiger partial charge >= 0.3 is 0 Å². The van der Waals surface area contributed by atoms with E-state index < -0.39 is 0 Å². The second-order valence-corrected chi connectivity index (χ2v) is 5.75. The number of hydrogen-bond donors (Lipinski definition) is 1. The summed E-state index contributed by atoms with van der Waals surface area (Å²) in [6, 6.07) is 17.2. The van der Waals surface area contributed by atoms with Crippen LogP contribution in [0.15, 0.2) is 54.6 Å². The monoisotopic (exact) mass is 311 g/mol. The molecule has 0 bridgehead atoms. The van der Waals surface area contributed by atoms with Crippen LogP contribution in [0.2, 0.25) is 0 Å². The minimum atomic E-state index is -0.00727. The number of benzene rings is 2. The lowest BCUT2D eigenvalue weighted by molar-refractivity contribution is -0.135. The lowest BCUT2D eigenvalue weighted by Gasteiger charge is -2.29. The molecule has 0 aliphatic carbocycles. The first-order chi connectivity index (χ1) is 11.2. The fourth-order valence-corrected chi connectivity index (χ4v) is 2.94. The van der Waals surface area contributed by atoms with Crippen molar-refractivity contribution in [2.24, 2.45) is 0 Å². The van der Waals surface area contributed by atoms with Gasteiger partial charge in [-0.05, 0) is 23.3 Å². The van der Waals surface area contributed by atoms with E-state index in [9.17, 15) is 9.90 Å². The van der Waals surface area contributed by atoms with Gasteiger partial charge in [-0.1, -0.05) is 42.5 Å². The van der Waals surface area contributed by atoms with Crippen molar-refractivity contribution in [1.82, 2.24) is 4.90 Å². The molecule has 1 N–H and O–H groups in total. The third-order valence-electron chi connectivity index (χ3n) is 4.24. The Morgan fingerprint density at radius 1 is 1.00 bits per heavy atom. The Balaban J connectivity index is 1.83. The van der Waals surface area contributed by atoms with Crippen LogP contribution in [-0.4, -0.2) is 42.2 Å². The number of nitrogens with zero attached hydrogens (tertiary/aromatic N) is 1. The summed E-state index contributed by atoms with van der Waals surface area (Å²) in [5.41, 5.74) is 2.15. The predicted molar refractivity (Wildman–Crippen MR) is 88.4 cm³/mol. The van der Waals surface area contributed by atoms with E-state index in [2.05, 4.69) is 0 Å². The quantitative estimate of drug-likeness (QED) is 0.944. The lowest BCUT2D eigenvalue weighted by atomic mass is 9.88. The summed E-state index contributed by atoms with van der Waals surface area (Å²) in [6.07, 6.45) is 0.425. The zero-order valence-corrected chi connectivity index (χ0v) is 13.0. The minimum absolute atomic E-state index is 0.00727. The van der Waals surface area contributed by atoms with Gasteiger partial charge in [0.1, 0.15) is 5.75 Å². The highest BCUT2D eigenvalue weighted by molar-refractivity contribution is 5.78. The molecule has 1 atom stereocenters. The third kappa shape index (κ3) is 3.90. The van der Waals surface area contributed by atoms with Crippen molar-refractivity contribution in [3.8, 4) is 5.75 Å². The molecule has 0 saturated carbocycles. The fraction of sp³-hybridized carbons (Fsp3) is 0.316. The summed E-state index contributed by atoms with van der Waals surface area (Å²) < 4.78 is 5.32. The highest BCUT2D eigenvalue weighted by atomic mass is 16.5. The summed E-state index contributed by atoms with van der Waals surface area (Å²) in [7, 11) is 0. The fourth-order valence-electron chi connectivity index (χ4n) is 2.94. The van der Waals surface area contributed by atoms with Gasteiger partial charge in [0.15, 0.2) is 0 Å². The first kappa shape index (κ1) is 15.6. The second-order valence-electron chi connectivity index (χ2n) is 5.75. The van der Waals surface area contributed by atoms with E-state index in [0.29, 0.717) is 32.7 Å². The maximum atomic E-state index is 12.6. The molecular weight excluding hydrogens is 290 g/mol. The van der Waals surface area contributed by atoms with Crippen molar-refractivity contribution < 1.29 is 14.6 Å². The largest absolute Gasteiger partial charge is 0.508 e. The molecule has 1 heterocycles. The molecule has 1 aliphatic rings. The molecular formula is C19H21NO3. The Morgan fingerprint density at radius 3 is 2.26 bits per heavy atom. The van der Waals surface area contributed by atoms with Crippen LogP contribution in [0.4, 0.5) is 0 Å². The van der Waals surface area contributed by atoms with Gasteiger partial charge in [-0.15, -0.1) is 0 Å².